The summed E-state index contributed by atoms with van der Waals surface area (Å²) >= 11 is 6.72. The molecule has 0 aromatic heterocycles. The van der Waals surface area contributed by atoms with E-state index in [-0.39, 0.29) is 12.1 Å². The molecule has 1 saturated carbocycles. The summed E-state index contributed by atoms with van der Waals surface area (Å²) in [6, 6.07) is 5.22. The zero-order valence-electron chi connectivity index (χ0n) is 11.5. The normalized spacial score (nSPS) is 27.3. The van der Waals surface area contributed by atoms with Gasteiger partial charge in [0.2, 0.25) is 10.0 Å². The summed E-state index contributed by atoms with van der Waals surface area (Å²) < 4.78 is 34.8. The van der Waals surface area contributed by atoms with Gasteiger partial charge in [-0.1, -0.05) is 28.8 Å². The molecule has 116 valence electrons. The van der Waals surface area contributed by atoms with Crippen LogP contribution in [-0.2, 0) is 14.8 Å². The lowest BCUT2D eigenvalue weighted by atomic mass is 9.91. The molecule has 2 unspecified atom stereocenters. The summed E-state index contributed by atoms with van der Waals surface area (Å²) in [7, 11) is -3.51. The fourth-order valence-electron chi connectivity index (χ4n) is 3.16. The molecule has 2 aliphatic rings. The Morgan fingerprint density at radius 2 is 1.95 bits per heavy atom. The fourth-order valence-corrected chi connectivity index (χ4v) is 6.29. The van der Waals surface area contributed by atoms with E-state index >= 15 is 0 Å². The number of halogens is 2. The van der Waals surface area contributed by atoms with E-state index in [1.54, 1.807) is 16.4 Å². The monoisotopic (exact) mass is 437 g/mol. The third kappa shape index (κ3) is 3.08. The van der Waals surface area contributed by atoms with Crippen molar-refractivity contribution in [3.05, 3.63) is 27.1 Å². The van der Waals surface area contributed by atoms with E-state index < -0.39 is 10.0 Å². The van der Waals surface area contributed by atoms with Crippen LogP contribution in [-0.4, -0.2) is 38.0 Å². The minimum Gasteiger partial charge on any atom is -0.375 e. The number of hydrogen-bond acceptors (Lipinski definition) is 3. The second-order valence-corrected chi connectivity index (χ2v) is 9.08. The first kappa shape index (κ1) is 15.9. The Hall–Kier alpha value is 0.0500. The zero-order chi connectivity index (χ0) is 15.0. The van der Waals surface area contributed by atoms with E-state index in [0.717, 1.165) is 30.2 Å². The van der Waals surface area contributed by atoms with Gasteiger partial charge in [-0.25, -0.2) is 8.42 Å². The Morgan fingerprint density at radius 1 is 1.19 bits per heavy atom. The molecule has 1 aliphatic carbocycles. The topological polar surface area (TPSA) is 46.6 Å². The smallest absolute Gasteiger partial charge is 0.244 e. The second kappa shape index (κ2) is 6.28. The van der Waals surface area contributed by atoms with Crippen molar-refractivity contribution in [2.24, 2.45) is 0 Å². The van der Waals surface area contributed by atoms with Crippen LogP contribution in [0.15, 0.2) is 32.0 Å². The van der Waals surface area contributed by atoms with Gasteiger partial charge in [0.1, 0.15) is 0 Å². The Kier molecular flexibility index (Phi) is 4.76. The van der Waals surface area contributed by atoms with Crippen LogP contribution in [0.2, 0.25) is 0 Å². The molecule has 1 aromatic rings. The van der Waals surface area contributed by atoms with Gasteiger partial charge in [-0.3, -0.25) is 0 Å². The second-order valence-electron chi connectivity index (χ2n) is 5.45. The van der Waals surface area contributed by atoms with Crippen molar-refractivity contribution in [3.8, 4) is 0 Å². The van der Waals surface area contributed by atoms with Gasteiger partial charge in [0.25, 0.3) is 0 Å². The summed E-state index contributed by atoms with van der Waals surface area (Å²) in [5, 5.41) is 0. The van der Waals surface area contributed by atoms with Gasteiger partial charge in [0.15, 0.2) is 0 Å². The number of rotatable bonds is 2. The number of nitrogens with zero attached hydrogens (tertiary/aromatic N) is 1. The van der Waals surface area contributed by atoms with Crippen LogP contribution in [0.25, 0.3) is 0 Å². The molecule has 7 heteroatoms. The maximum absolute atomic E-state index is 13.0. The SMILES string of the molecule is O=S(=O)(c1cc(Br)ccc1Br)N1CCOC2CCCCC21. The standard InChI is InChI=1S/C14H17Br2NO3S/c15-10-5-6-11(16)14(9-10)21(18,19)17-7-8-20-13-4-2-1-3-12(13)17/h5-6,9,12-13H,1-4,7-8H2. The highest BCUT2D eigenvalue weighted by atomic mass is 79.9. The highest BCUT2D eigenvalue weighted by Crippen LogP contribution is 2.35. The van der Waals surface area contributed by atoms with Crippen molar-refractivity contribution < 1.29 is 13.2 Å². The molecular weight excluding hydrogens is 422 g/mol. The summed E-state index contributed by atoms with van der Waals surface area (Å²) in [5.41, 5.74) is 0. The summed E-state index contributed by atoms with van der Waals surface area (Å²) in [6.07, 6.45) is 4.07. The summed E-state index contributed by atoms with van der Waals surface area (Å²) in [6.45, 7) is 0.911. The van der Waals surface area contributed by atoms with Crippen molar-refractivity contribution in [2.45, 2.75) is 42.7 Å². The molecule has 0 N–H and O–H groups in total. The molecule has 1 aliphatic heterocycles. The van der Waals surface area contributed by atoms with Gasteiger partial charge in [0, 0.05) is 15.5 Å². The fraction of sp³-hybridized carbons (Fsp3) is 0.571. The Morgan fingerprint density at radius 3 is 2.76 bits per heavy atom. The average molecular weight is 439 g/mol. The Balaban J connectivity index is 1.98. The molecule has 1 heterocycles. The van der Waals surface area contributed by atoms with Gasteiger partial charge in [-0.05, 0) is 47.0 Å². The highest BCUT2D eigenvalue weighted by molar-refractivity contribution is 9.11. The van der Waals surface area contributed by atoms with E-state index in [9.17, 15) is 8.42 Å². The maximum Gasteiger partial charge on any atom is 0.244 e. The van der Waals surface area contributed by atoms with Gasteiger partial charge in [0.05, 0.1) is 23.6 Å². The average Bonchev–Trinajstić information content (AvgIpc) is 2.49. The molecule has 0 amide bonds. The quantitative estimate of drug-likeness (QED) is 0.709. The van der Waals surface area contributed by atoms with E-state index in [1.807, 2.05) is 6.07 Å². The zero-order valence-corrected chi connectivity index (χ0v) is 15.5. The van der Waals surface area contributed by atoms with Crippen LogP contribution < -0.4 is 0 Å². The molecule has 0 radical (unpaired) electrons. The largest absolute Gasteiger partial charge is 0.375 e. The first-order chi connectivity index (χ1) is 10.00. The molecule has 2 fully saturated rings. The highest BCUT2D eigenvalue weighted by Gasteiger charge is 2.41. The van der Waals surface area contributed by atoms with Gasteiger partial charge in [-0.15, -0.1) is 0 Å². The van der Waals surface area contributed by atoms with Crippen molar-refractivity contribution >= 4 is 41.9 Å². The first-order valence-corrected chi connectivity index (χ1v) is 10.1. The third-order valence-electron chi connectivity index (χ3n) is 4.16. The number of ether oxygens (including phenoxy) is 1. The van der Waals surface area contributed by atoms with Crippen molar-refractivity contribution in [3.63, 3.8) is 0 Å². The van der Waals surface area contributed by atoms with Gasteiger partial charge in [-0.2, -0.15) is 4.31 Å². The lowest BCUT2D eigenvalue weighted by molar-refractivity contribution is -0.0586. The predicted octanol–water partition coefficient (Wildman–Crippen LogP) is 3.54. The number of hydrogen-bond donors (Lipinski definition) is 0. The Labute approximate surface area is 142 Å². The minimum atomic E-state index is -3.51. The molecule has 3 rings (SSSR count). The third-order valence-corrected chi connectivity index (χ3v) is 7.57. The molecule has 4 nitrogen and oxygen atoms in total. The molecule has 1 aromatic carbocycles. The van der Waals surface area contributed by atoms with Crippen LogP contribution >= 0.6 is 31.9 Å². The van der Waals surface area contributed by atoms with Crippen LogP contribution in [0.3, 0.4) is 0 Å². The molecule has 0 spiro atoms. The van der Waals surface area contributed by atoms with Crippen molar-refractivity contribution in [1.29, 1.82) is 0 Å². The van der Waals surface area contributed by atoms with Crippen molar-refractivity contribution in [1.82, 2.24) is 4.31 Å². The van der Waals surface area contributed by atoms with Gasteiger partial charge < -0.3 is 4.74 Å². The molecule has 1 saturated heterocycles. The van der Waals surface area contributed by atoms with E-state index in [4.69, 9.17) is 4.74 Å². The van der Waals surface area contributed by atoms with Crippen LogP contribution in [0.5, 0.6) is 0 Å². The predicted molar refractivity (Wildman–Crippen MR) is 87.7 cm³/mol. The van der Waals surface area contributed by atoms with Crippen LogP contribution in [0.4, 0.5) is 0 Å². The van der Waals surface area contributed by atoms with E-state index in [2.05, 4.69) is 31.9 Å². The van der Waals surface area contributed by atoms with E-state index in [1.165, 1.54) is 0 Å². The molecule has 2 atom stereocenters. The summed E-state index contributed by atoms with van der Waals surface area (Å²) in [4.78, 5) is 0.322. The van der Waals surface area contributed by atoms with Crippen LogP contribution in [0, 0.1) is 0 Å². The molecule has 21 heavy (non-hydrogen) atoms. The maximum atomic E-state index is 13.0. The summed E-state index contributed by atoms with van der Waals surface area (Å²) in [5.74, 6) is 0. The van der Waals surface area contributed by atoms with Crippen molar-refractivity contribution in [2.75, 3.05) is 13.2 Å². The lowest BCUT2D eigenvalue weighted by Gasteiger charge is -2.42. The molecule has 0 bridgehead atoms. The van der Waals surface area contributed by atoms with E-state index in [0.29, 0.717) is 22.5 Å². The minimum absolute atomic E-state index is 0.0246. The first-order valence-electron chi connectivity index (χ1n) is 7.08. The molecular formula is C14H17Br2NO3S. The number of sulfonamides is 1. The Bertz CT molecular complexity index is 633. The van der Waals surface area contributed by atoms with Gasteiger partial charge >= 0.3 is 0 Å². The lowest BCUT2D eigenvalue weighted by Crippen LogP contribution is -2.54. The number of fused-ring (bicyclic) bond motifs is 1. The number of benzene rings is 1. The van der Waals surface area contributed by atoms with Crippen LogP contribution in [0.1, 0.15) is 25.7 Å². The number of morpholine rings is 1.